The monoisotopic (exact) mass is 461 g/mol. The molecule has 0 radical (unpaired) electrons. The molecule has 2 N–H and O–H groups in total. The minimum absolute atomic E-state index is 0.178. The first-order chi connectivity index (χ1) is 15.0. The Hall–Kier alpha value is -3.20. The third-order valence-corrected chi connectivity index (χ3v) is 5.85. The number of carbonyl (C=O) groups is 2. The van der Waals surface area contributed by atoms with E-state index in [1.807, 2.05) is 6.92 Å². The van der Waals surface area contributed by atoms with E-state index in [-0.39, 0.29) is 18.2 Å². The molecule has 5 nitrogen and oxygen atoms in total. The number of aromatic nitrogens is 1. The van der Waals surface area contributed by atoms with Gasteiger partial charge in [-0.2, -0.15) is 13.2 Å². The predicted molar refractivity (Wildman–Crippen MR) is 120 cm³/mol. The van der Waals surface area contributed by atoms with Crippen LogP contribution in [0.25, 0.3) is 0 Å². The smallest absolute Gasteiger partial charge is 0.326 e. The summed E-state index contributed by atoms with van der Waals surface area (Å²) in [7, 11) is 0. The van der Waals surface area contributed by atoms with Gasteiger partial charge in [0.15, 0.2) is 0 Å². The first kappa shape index (κ1) is 23.5. The molecule has 2 amide bonds. The fourth-order valence-corrected chi connectivity index (χ4v) is 4.12. The van der Waals surface area contributed by atoms with Gasteiger partial charge in [0.25, 0.3) is 5.91 Å². The van der Waals surface area contributed by atoms with E-state index >= 15 is 0 Å². The van der Waals surface area contributed by atoms with Gasteiger partial charge in [-0.1, -0.05) is 35.9 Å². The van der Waals surface area contributed by atoms with Gasteiger partial charge in [-0.3, -0.25) is 9.59 Å². The number of carbonyl (C=O) groups excluding carboxylic acids is 2. The van der Waals surface area contributed by atoms with Gasteiger partial charge in [-0.25, -0.2) is 4.98 Å². The lowest BCUT2D eigenvalue weighted by molar-refractivity contribution is -0.114. The second kappa shape index (κ2) is 9.52. The van der Waals surface area contributed by atoms with Crippen LogP contribution in [-0.4, -0.2) is 23.0 Å². The predicted octanol–water partition coefficient (Wildman–Crippen LogP) is 5.89. The molecule has 1 aliphatic rings. The van der Waals surface area contributed by atoms with E-state index in [0.29, 0.717) is 33.4 Å². The van der Waals surface area contributed by atoms with Gasteiger partial charge in [0.05, 0.1) is 16.3 Å². The summed E-state index contributed by atoms with van der Waals surface area (Å²) in [5.74, 6) is -0.572. The van der Waals surface area contributed by atoms with E-state index in [1.165, 1.54) is 30.4 Å². The molecule has 2 aromatic rings. The Morgan fingerprint density at radius 2 is 1.94 bits per heavy atom. The van der Waals surface area contributed by atoms with E-state index in [9.17, 15) is 22.8 Å². The lowest BCUT2D eigenvalue weighted by Gasteiger charge is -2.09. The van der Waals surface area contributed by atoms with Crippen LogP contribution in [0, 0.1) is 13.8 Å². The first-order valence-corrected chi connectivity index (χ1v) is 10.6. The molecule has 0 saturated heterocycles. The van der Waals surface area contributed by atoms with E-state index in [2.05, 4.69) is 15.6 Å². The highest BCUT2D eigenvalue weighted by Crippen LogP contribution is 2.31. The van der Waals surface area contributed by atoms with E-state index in [0.717, 1.165) is 17.2 Å². The fourth-order valence-electron chi connectivity index (χ4n) is 3.11. The van der Waals surface area contributed by atoms with Gasteiger partial charge in [0.1, 0.15) is 5.00 Å². The van der Waals surface area contributed by atoms with Crippen molar-refractivity contribution in [2.24, 2.45) is 0 Å². The number of amides is 2. The van der Waals surface area contributed by atoms with Crippen molar-refractivity contribution in [2.45, 2.75) is 39.8 Å². The minimum atomic E-state index is -4.37. The molecule has 1 aromatic heterocycles. The highest BCUT2D eigenvalue weighted by Gasteiger charge is 2.31. The maximum Gasteiger partial charge on any atom is 0.416 e. The Morgan fingerprint density at radius 3 is 2.62 bits per heavy atom. The van der Waals surface area contributed by atoms with Crippen molar-refractivity contribution in [2.75, 3.05) is 10.6 Å². The molecule has 0 atom stereocenters. The van der Waals surface area contributed by atoms with E-state index in [1.54, 1.807) is 31.2 Å². The zero-order valence-corrected chi connectivity index (χ0v) is 18.6. The van der Waals surface area contributed by atoms with Gasteiger partial charge in [-0.15, -0.1) is 11.3 Å². The molecule has 0 spiro atoms. The average Bonchev–Trinajstić information content (AvgIpc) is 2.88. The highest BCUT2D eigenvalue weighted by molar-refractivity contribution is 7.16. The Morgan fingerprint density at radius 1 is 1.19 bits per heavy atom. The fraction of sp³-hybridized carbons (Fsp3) is 0.261. The number of hydrogen-bond donors (Lipinski definition) is 2. The number of aryl methyl sites for hydroxylation is 2. The quantitative estimate of drug-likeness (QED) is 0.583. The molecule has 168 valence electrons. The molecule has 9 heteroatoms. The molecule has 0 fully saturated rings. The molecular formula is C23H22F3N3O2S. The number of nitrogens with one attached hydrogen (secondary N) is 2. The summed E-state index contributed by atoms with van der Waals surface area (Å²) in [6.45, 7) is 4.99. The summed E-state index contributed by atoms with van der Waals surface area (Å²) in [6.07, 6.45) is 1.49. The molecule has 1 aliphatic carbocycles. The van der Waals surface area contributed by atoms with Crippen molar-refractivity contribution in [1.82, 2.24) is 4.98 Å². The Labute approximate surface area is 187 Å². The minimum Gasteiger partial charge on any atom is -0.326 e. The van der Waals surface area contributed by atoms with Gasteiger partial charge >= 0.3 is 6.18 Å². The lowest BCUT2D eigenvalue weighted by Crippen LogP contribution is -2.13. The van der Waals surface area contributed by atoms with Crippen molar-refractivity contribution in [3.63, 3.8) is 0 Å². The number of nitrogens with zero attached hydrogens (tertiary/aromatic N) is 1. The molecule has 0 unspecified atom stereocenters. The molecule has 0 bridgehead atoms. The third kappa shape index (κ3) is 5.94. The molecule has 3 rings (SSSR count). The Balaban J connectivity index is 1.71. The zero-order chi connectivity index (χ0) is 23.5. The number of halogens is 3. The number of benzene rings is 1. The second-order valence-corrected chi connectivity index (χ2v) is 8.49. The number of allylic oxidation sites excluding steroid dienone is 6. The van der Waals surface area contributed by atoms with Crippen LogP contribution in [0.15, 0.2) is 53.6 Å². The standard InChI is InChI=1S/C23H22F3N3O2S/c1-13-7-9-17(12-19(13)28-15(3)30)21(31)29-22-14(2)27-20(32-22)11-16-5-4-6-18(10-8-16)23(24,25)26/h4-7,9-10,12H,8,11H2,1-3H3,(H,28,30)(H,29,31). The maximum atomic E-state index is 12.9. The number of anilines is 2. The first-order valence-electron chi connectivity index (χ1n) is 9.82. The van der Waals surface area contributed by atoms with Crippen LogP contribution in [0.5, 0.6) is 0 Å². The van der Waals surface area contributed by atoms with E-state index in [4.69, 9.17) is 0 Å². The number of rotatable bonds is 5. The van der Waals surface area contributed by atoms with Crippen molar-refractivity contribution in [3.8, 4) is 0 Å². The molecule has 1 aromatic carbocycles. The summed E-state index contributed by atoms with van der Waals surface area (Å²) in [5.41, 5.74) is 2.54. The third-order valence-electron chi connectivity index (χ3n) is 4.78. The zero-order valence-electron chi connectivity index (χ0n) is 17.8. The normalized spacial score (nSPS) is 13.8. The molecule has 1 heterocycles. The summed E-state index contributed by atoms with van der Waals surface area (Å²) in [6, 6.07) is 5.02. The van der Waals surface area contributed by atoms with Gasteiger partial charge in [0.2, 0.25) is 5.91 Å². The van der Waals surface area contributed by atoms with E-state index < -0.39 is 11.7 Å². The Kier molecular flexibility index (Phi) is 6.98. The van der Waals surface area contributed by atoms with Crippen LogP contribution in [0.4, 0.5) is 23.9 Å². The van der Waals surface area contributed by atoms with Crippen molar-refractivity contribution >= 4 is 33.8 Å². The number of alkyl halides is 3. The van der Waals surface area contributed by atoms with Gasteiger partial charge in [-0.05, 0) is 38.0 Å². The van der Waals surface area contributed by atoms with Crippen molar-refractivity contribution in [3.05, 3.63) is 75.5 Å². The van der Waals surface area contributed by atoms with Crippen LogP contribution in [0.3, 0.4) is 0 Å². The SMILES string of the molecule is CC(=O)Nc1cc(C(=O)Nc2sc(CC3=CC=CC(C(F)(F)F)=CC3)nc2C)ccc1C. The van der Waals surface area contributed by atoms with Crippen LogP contribution in [0.1, 0.15) is 40.0 Å². The molecule has 0 aliphatic heterocycles. The van der Waals surface area contributed by atoms with Gasteiger partial charge < -0.3 is 10.6 Å². The van der Waals surface area contributed by atoms with Crippen LogP contribution >= 0.6 is 11.3 Å². The second-order valence-electron chi connectivity index (χ2n) is 7.41. The van der Waals surface area contributed by atoms with Crippen LogP contribution < -0.4 is 10.6 Å². The number of thiazole rings is 1. The lowest BCUT2D eigenvalue weighted by atomic mass is 10.1. The van der Waals surface area contributed by atoms with Crippen molar-refractivity contribution in [1.29, 1.82) is 0 Å². The van der Waals surface area contributed by atoms with Crippen molar-refractivity contribution < 1.29 is 22.8 Å². The maximum absolute atomic E-state index is 12.9. The van der Waals surface area contributed by atoms with Gasteiger partial charge in [0, 0.05) is 24.6 Å². The summed E-state index contributed by atoms with van der Waals surface area (Å²) in [5, 5.41) is 6.80. The largest absolute Gasteiger partial charge is 0.416 e. The molecule has 0 saturated carbocycles. The highest BCUT2D eigenvalue weighted by atomic mass is 32.1. The summed E-state index contributed by atoms with van der Waals surface area (Å²) >= 11 is 1.29. The Bertz CT molecular complexity index is 1140. The molecule has 32 heavy (non-hydrogen) atoms. The summed E-state index contributed by atoms with van der Waals surface area (Å²) < 4.78 is 38.7. The number of hydrogen-bond acceptors (Lipinski definition) is 4. The molecular weight excluding hydrogens is 439 g/mol. The van der Waals surface area contributed by atoms with Crippen LogP contribution in [0.2, 0.25) is 0 Å². The topological polar surface area (TPSA) is 71.1 Å². The van der Waals surface area contributed by atoms with Crippen LogP contribution in [-0.2, 0) is 11.2 Å². The average molecular weight is 462 g/mol. The summed E-state index contributed by atoms with van der Waals surface area (Å²) in [4.78, 5) is 28.5.